The molecule has 0 saturated carbocycles. The third-order valence-corrected chi connectivity index (χ3v) is 3.05. The van der Waals surface area contributed by atoms with Gasteiger partial charge in [-0.25, -0.2) is 9.97 Å². The molecule has 6 heteroatoms. The van der Waals surface area contributed by atoms with Gasteiger partial charge in [-0.05, 0) is 18.6 Å². The lowest BCUT2D eigenvalue weighted by Gasteiger charge is -2.01. The fraction of sp³-hybridized carbons (Fsp3) is 0.182. The minimum atomic E-state index is 0.373. The molecule has 0 saturated heterocycles. The molecule has 2 rings (SSSR count). The molecular formula is C11H11ClN4S. The molecule has 0 spiro atoms. The Labute approximate surface area is 109 Å². The summed E-state index contributed by atoms with van der Waals surface area (Å²) in [5, 5.41) is 0.976. The van der Waals surface area contributed by atoms with Crippen LogP contribution in [0.15, 0.2) is 35.6 Å². The van der Waals surface area contributed by atoms with Gasteiger partial charge >= 0.3 is 0 Å². The van der Waals surface area contributed by atoms with Gasteiger partial charge in [-0.1, -0.05) is 29.4 Å². The summed E-state index contributed by atoms with van der Waals surface area (Å²) in [6, 6.07) is 7.40. The smallest absolute Gasteiger partial charge is 0.190 e. The van der Waals surface area contributed by atoms with Crippen LogP contribution in [0.2, 0.25) is 5.15 Å². The lowest BCUT2D eigenvalue weighted by atomic mass is 10.3. The van der Waals surface area contributed by atoms with Crippen molar-refractivity contribution in [2.75, 3.05) is 11.5 Å². The molecule has 2 heterocycles. The Morgan fingerprint density at radius 1 is 1.29 bits per heavy atom. The number of anilines is 1. The van der Waals surface area contributed by atoms with E-state index >= 15 is 0 Å². The van der Waals surface area contributed by atoms with Crippen molar-refractivity contribution in [3.05, 3.63) is 41.3 Å². The molecule has 2 N–H and O–H groups in total. The quantitative estimate of drug-likeness (QED) is 0.523. The zero-order valence-electron chi connectivity index (χ0n) is 9.01. The second-order valence-corrected chi connectivity index (χ2v) is 4.77. The highest BCUT2D eigenvalue weighted by atomic mass is 35.5. The zero-order valence-corrected chi connectivity index (χ0v) is 10.6. The van der Waals surface area contributed by atoms with E-state index in [9.17, 15) is 0 Å². The summed E-state index contributed by atoms with van der Waals surface area (Å²) in [7, 11) is 0. The van der Waals surface area contributed by atoms with Crippen LogP contribution in [0.4, 0.5) is 5.82 Å². The first kappa shape index (κ1) is 12.1. The molecular weight excluding hydrogens is 256 g/mol. The fourth-order valence-electron chi connectivity index (χ4n) is 1.27. The minimum Gasteiger partial charge on any atom is -0.384 e. The zero-order chi connectivity index (χ0) is 12.1. The summed E-state index contributed by atoms with van der Waals surface area (Å²) in [4.78, 5) is 12.4. The Bertz CT molecular complexity index is 472. The van der Waals surface area contributed by atoms with E-state index in [0.29, 0.717) is 16.1 Å². The highest BCUT2D eigenvalue weighted by molar-refractivity contribution is 7.99. The van der Waals surface area contributed by atoms with Crippen molar-refractivity contribution in [1.29, 1.82) is 0 Å². The van der Waals surface area contributed by atoms with Gasteiger partial charge in [0.05, 0.1) is 0 Å². The Morgan fingerprint density at radius 2 is 2.18 bits per heavy atom. The third kappa shape index (κ3) is 3.87. The summed E-state index contributed by atoms with van der Waals surface area (Å²) in [6.07, 6.45) is 2.65. The first-order valence-electron chi connectivity index (χ1n) is 5.07. The van der Waals surface area contributed by atoms with Gasteiger partial charge in [-0.2, -0.15) is 0 Å². The van der Waals surface area contributed by atoms with Gasteiger partial charge in [0, 0.05) is 23.7 Å². The van der Waals surface area contributed by atoms with Gasteiger partial charge in [0.2, 0.25) is 0 Å². The number of aromatic nitrogens is 3. The summed E-state index contributed by atoms with van der Waals surface area (Å²) < 4.78 is 0. The fourth-order valence-corrected chi connectivity index (χ4v) is 2.34. The molecule has 0 amide bonds. The van der Waals surface area contributed by atoms with Crippen LogP contribution >= 0.6 is 23.4 Å². The summed E-state index contributed by atoms with van der Waals surface area (Å²) in [5.41, 5.74) is 6.63. The average Bonchev–Trinajstić information content (AvgIpc) is 2.29. The second kappa shape index (κ2) is 5.84. The molecule has 4 nitrogen and oxygen atoms in total. The third-order valence-electron chi connectivity index (χ3n) is 2.01. The summed E-state index contributed by atoms with van der Waals surface area (Å²) in [6.45, 7) is 0. The van der Waals surface area contributed by atoms with Crippen molar-refractivity contribution >= 4 is 29.2 Å². The Balaban J connectivity index is 1.90. The van der Waals surface area contributed by atoms with Gasteiger partial charge in [0.15, 0.2) is 5.16 Å². The Hall–Kier alpha value is -1.33. The Kier molecular flexibility index (Phi) is 4.17. The molecule has 0 bridgehead atoms. The second-order valence-electron chi connectivity index (χ2n) is 3.32. The number of halogens is 1. The Morgan fingerprint density at radius 3 is 2.88 bits per heavy atom. The van der Waals surface area contributed by atoms with E-state index in [2.05, 4.69) is 15.0 Å². The minimum absolute atomic E-state index is 0.373. The monoisotopic (exact) mass is 266 g/mol. The molecule has 2 aromatic heterocycles. The van der Waals surface area contributed by atoms with Crippen molar-refractivity contribution in [3.8, 4) is 0 Å². The van der Waals surface area contributed by atoms with E-state index in [1.807, 2.05) is 18.2 Å². The highest BCUT2D eigenvalue weighted by Gasteiger charge is 2.02. The number of hydrogen-bond donors (Lipinski definition) is 1. The van der Waals surface area contributed by atoms with Crippen molar-refractivity contribution in [2.24, 2.45) is 0 Å². The SMILES string of the molecule is Nc1cc(Cl)nc(SCCc2ccccn2)n1. The van der Waals surface area contributed by atoms with E-state index in [4.69, 9.17) is 17.3 Å². The molecule has 17 heavy (non-hydrogen) atoms. The van der Waals surface area contributed by atoms with E-state index in [1.165, 1.54) is 17.8 Å². The number of nitrogen functional groups attached to an aromatic ring is 1. The van der Waals surface area contributed by atoms with Crippen molar-refractivity contribution in [1.82, 2.24) is 15.0 Å². The number of rotatable bonds is 4. The number of thioether (sulfide) groups is 1. The molecule has 0 aliphatic rings. The molecule has 88 valence electrons. The van der Waals surface area contributed by atoms with E-state index < -0.39 is 0 Å². The number of nitrogens with zero attached hydrogens (tertiary/aromatic N) is 3. The maximum Gasteiger partial charge on any atom is 0.190 e. The summed E-state index contributed by atoms with van der Waals surface area (Å²) >= 11 is 7.31. The first-order valence-corrected chi connectivity index (χ1v) is 6.43. The maximum atomic E-state index is 5.79. The molecule has 2 aromatic rings. The van der Waals surface area contributed by atoms with Gasteiger partial charge in [-0.3, -0.25) is 4.98 Å². The molecule has 0 aromatic carbocycles. The lowest BCUT2D eigenvalue weighted by Crippen LogP contribution is -1.97. The predicted octanol–water partition coefficient (Wildman–Crippen LogP) is 2.44. The number of nitrogens with two attached hydrogens (primary N) is 1. The molecule has 0 aliphatic heterocycles. The van der Waals surface area contributed by atoms with Crippen LogP contribution in [-0.4, -0.2) is 20.7 Å². The van der Waals surface area contributed by atoms with Crippen molar-refractivity contribution in [2.45, 2.75) is 11.6 Å². The number of pyridine rings is 1. The first-order chi connectivity index (χ1) is 8.24. The van der Waals surface area contributed by atoms with Crippen LogP contribution < -0.4 is 5.73 Å². The van der Waals surface area contributed by atoms with Gasteiger partial charge in [0.1, 0.15) is 11.0 Å². The normalized spacial score (nSPS) is 10.4. The van der Waals surface area contributed by atoms with Gasteiger partial charge in [-0.15, -0.1) is 0 Å². The van der Waals surface area contributed by atoms with E-state index in [-0.39, 0.29) is 0 Å². The van der Waals surface area contributed by atoms with E-state index in [0.717, 1.165) is 17.9 Å². The average molecular weight is 267 g/mol. The number of hydrogen-bond acceptors (Lipinski definition) is 5. The van der Waals surface area contributed by atoms with Crippen LogP contribution in [0.1, 0.15) is 5.69 Å². The van der Waals surface area contributed by atoms with Crippen LogP contribution in [0.3, 0.4) is 0 Å². The molecule has 0 fully saturated rings. The van der Waals surface area contributed by atoms with Crippen molar-refractivity contribution in [3.63, 3.8) is 0 Å². The van der Waals surface area contributed by atoms with Crippen LogP contribution in [0, 0.1) is 0 Å². The number of aryl methyl sites for hydroxylation is 1. The van der Waals surface area contributed by atoms with Crippen LogP contribution in [0.25, 0.3) is 0 Å². The highest BCUT2D eigenvalue weighted by Crippen LogP contribution is 2.18. The van der Waals surface area contributed by atoms with Gasteiger partial charge < -0.3 is 5.73 Å². The van der Waals surface area contributed by atoms with Crippen molar-refractivity contribution < 1.29 is 0 Å². The molecule has 0 unspecified atom stereocenters. The van der Waals surface area contributed by atoms with Gasteiger partial charge in [0.25, 0.3) is 0 Å². The standard InChI is InChI=1S/C11H11ClN4S/c12-9-7-10(13)16-11(15-9)17-6-4-8-3-1-2-5-14-8/h1-3,5,7H,4,6H2,(H2,13,15,16). The molecule has 0 atom stereocenters. The maximum absolute atomic E-state index is 5.79. The lowest BCUT2D eigenvalue weighted by molar-refractivity contribution is 0.968. The van der Waals surface area contributed by atoms with Crippen LogP contribution in [0.5, 0.6) is 0 Å². The van der Waals surface area contributed by atoms with E-state index in [1.54, 1.807) is 6.20 Å². The van der Waals surface area contributed by atoms with Crippen LogP contribution in [-0.2, 0) is 6.42 Å². The molecule has 0 aliphatic carbocycles. The summed E-state index contributed by atoms with van der Waals surface area (Å²) in [5.74, 6) is 1.24. The topological polar surface area (TPSA) is 64.7 Å². The predicted molar refractivity (Wildman–Crippen MR) is 70.1 cm³/mol. The largest absolute Gasteiger partial charge is 0.384 e. The molecule has 0 radical (unpaired) electrons.